The molecular formula is C18H17F3N2O5. The number of aromatic carboxylic acids is 1. The molecule has 0 aliphatic heterocycles. The minimum atomic E-state index is -5.08. The largest absolute Gasteiger partial charge is 0.490 e. The van der Waals surface area contributed by atoms with Gasteiger partial charge in [-0.2, -0.15) is 13.2 Å². The summed E-state index contributed by atoms with van der Waals surface area (Å²) in [7, 11) is 3.65. The quantitative estimate of drug-likeness (QED) is 0.729. The van der Waals surface area contributed by atoms with Gasteiger partial charge in [0.15, 0.2) is 0 Å². The number of nitrogens with one attached hydrogen (secondary N) is 1. The molecule has 0 saturated heterocycles. The highest BCUT2D eigenvalue weighted by atomic mass is 19.4. The van der Waals surface area contributed by atoms with E-state index in [4.69, 9.17) is 9.90 Å². The second-order valence-electron chi connectivity index (χ2n) is 5.55. The molecule has 0 heterocycles. The molecule has 1 amide bonds. The SMILES string of the molecule is CN(C)c1ccc(NC(=O)c2ccccc2)c(C(=O)O)c1.O=C(O)C(F)(F)F. The Morgan fingerprint density at radius 3 is 1.93 bits per heavy atom. The number of rotatable bonds is 4. The predicted molar refractivity (Wildman–Crippen MR) is 95.8 cm³/mol. The van der Waals surface area contributed by atoms with Gasteiger partial charge in [0.25, 0.3) is 5.91 Å². The lowest BCUT2D eigenvalue weighted by atomic mass is 10.1. The molecule has 0 aliphatic rings. The summed E-state index contributed by atoms with van der Waals surface area (Å²) in [5, 5.41) is 19.0. The van der Waals surface area contributed by atoms with Crippen LogP contribution in [0.15, 0.2) is 48.5 Å². The fraction of sp³-hybridized carbons (Fsp3) is 0.167. The van der Waals surface area contributed by atoms with E-state index in [1.165, 1.54) is 6.07 Å². The minimum Gasteiger partial charge on any atom is -0.478 e. The number of hydrogen-bond donors (Lipinski definition) is 3. The zero-order valence-corrected chi connectivity index (χ0v) is 14.8. The second-order valence-corrected chi connectivity index (χ2v) is 5.55. The second kappa shape index (κ2) is 9.40. The number of carbonyl (C=O) groups is 3. The van der Waals surface area contributed by atoms with Crippen molar-refractivity contribution in [2.75, 3.05) is 24.3 Å². The number of hydrogen-bond acceptors (Lipinski definition) is 4. The van der Waals surface area contributed by atoms with Crippen molar-refractivity contribution in [1.82, 2.24) is 0 Å². The smallest absolute Gasteiger partial charge is 0.478 e. The average molecular weight is 398 g/mol. The number of alkyl halides is 3. The maximum atomic E-state index is 12.1. The molecule has 2 rings (SSSR count). The molecule has 0 spiro atoms. The molecule has 0 unspecified atom stereocenters. The summed E-state index contributed by atoms with van der Waals surface area (Å²) in [5.74, 6) is -4.18. The van der Waals surface area contributed by atoms with Crippen molar-refractivity contribution in [3.63, 3.8) is 0 Å². The van der Waals surface area contributed by atoms with Gasteiger partial charge < -0.3 is 20.4 Å². The van der Waals surface area contributed by atoms with Gasteiger partial charge in [-0.15, -0.1) is 0 Å². The van der Waals surface area contributed by atoms with Crippen LogP contribution in [-0.4, -0.2) is 48.3 Å². The number of nitrogens with zero attached hydrogens (tertiary/aromatic N) is 1. The molecule has 2 aromatic rings. The van der Waals surface area contributed by atoms with Gasteiger partial charge in [-0.05, 0) is 30.3 Å². The number of carboxylic acids is 2. The van der Waals surface area contributed by atoms with Crippen LogP contribution in [0.4, 0.5) is 24.5 Å². The fourth-order valence-electron chi connectivity index (χ4n) is 1.88. The van der Waals surface area contributed by atoms with E-state index >= 15 is 0 Å². The average Bonchev–Trinajstić information content (AvgIpc) is 2.62. The number of amides is 1. The molecule has 0 aliphatic carbocycles. The van der Waals surface area contributed by atoms with E-state index < -0.39 is 18.1 Å². The molecule has 10 heteroatoms. The predicted octanol–water partition coefficient (Wildman–Crippen LogP) is 3.34. The molecule has 7 nitrogen and oxygen atoms in total. The normalized spacial score (nSPS) is 10.3. The maximum absolute atomic E-state index is 12.1. The van der Waals surface area contributed by atoms with Gasteiger partial charge >= 0.3 is 18.1 Å². The Kier molecular flexibility index (Phi) is 7.55. The third-order valence-electron chi connectivity index (χ3n) is 3.28. The van der Waals surface area contributed by atoms with Crippen molar-refractivity contribution in [2.24, 2.45) is 0 Å². The van der Waals surface area contributed by atoms with Crippen molar-refractivity contribution in [1.29, 1.82) is 0 Å². The molecule has 0 atom stereocenters. The van der Waals surface area contributed by atoms with Crippen LogP contribution >= 0.6 is 0 Å². The summed E-state index contributed by atoms with van der Waals surface area (Å²) in [5.41, 5.74) is 1.57. The van der Waals surface area contributed by atoms with Crippen LogP contribution in [-0.2, 0) is 4.79 Å². The fourth-order valence-corrected chi connectivity index (χ4v) is 1.88. The zero-order valence-electron chi connectivity index (χ0n) is 14.8. The maximum Gasteiger partial charge on any atom is 0.490 e. The molecule has 0 saturated carbocycles. The van der Waals surface area contributed by atoms with Crippen LogP contribution in [0.3, 0.4) is 0 Å². The lowest BCUT2D eigenvalue weighted by molar-refractivity contribution is -0.192. The standard InChI is InChI=1S/C16H16N2O3.C2HF3O2/c1-18(2)12-8-9-14(13(10-12)16(20)21)17-15(19)11-6-4-3-5-7-11;3-2(4,5)1(6)7/h3-10H,1-2H3,(H,17,19)(H,20,21);(H,6,7). The van der Waals surface area contributed by atoms with E-state index in [-0.39, 0.29) is 17.2 Å². The first kappa shape index (κ1) is 22.5. The van der Waals surface area contributed by atoms with Gasteiger partial charge in [-0.25, -0.2) is 9.59 Å². The van der Waals surface area contributed by atoms with E-state index in [0.717, 1.165) is 5.69 Å². The van der Waals surface area contributed by atoms with Gasteiger partial charge in [0, 0.05) is 25.3 Å². The van der Waals surface area contributed by atoms with Crippen LogP contribution < -0.4 is 10.2 Å². The topological polar surface area (TPSA) is 107 Å². The molecular weight excluding hydrogens is 381 g/mol. The van der Waals surface area contributed by atoms with E-state index in [1.807, 2.05) is 20.2 Å². The number of benzene rings is 2. The van der Waals surface area contributed by atoms with E-state index in [2.05, 4.69) is 5.32 Å². The van der Waals surface area contributed by atoms with Gasteiger partial charge in [-0.3, -0.25) is 4.79 Å². The van der Waals surface area contributed by atoms with Crippen molar-refractivity contribution >= 4 is 29.2 Å². The van der Waals surface area contributed by atoms with Crippen molar-refractivity contribution in [3.05, 3.63) is 59.7 Å². The lowest BCUT2D eigenvalue weighted by Gasteiger charge is -2.15. The number of aliphatic carboxylic acids is 1. The Balaban J connectivity index is 0.000000480. The summed E-state index contributed by atoms with van der Waals surface area (Å²) in [6, 6.07) is 13.5. The van der Waals surface area contributed by atoms with E-state index in [9.17, 15) is 27.9 Å². The molecule has 3 N–H and O–H groups in total. The Morgan fingerprint density at radius 2 is 1.50 bits per heavy atom. The third kappa shape index (κ3) is 6.63. The Labute approximate surface area is 158 Å². The number of carbonyl (C=O) groups excluding carboxylic acids is 1. The van der Waals surface area contributed by atoms with Gasteiger partial charge in [0.05, 0.1) is 11.3 Å². The number of anilines is 2. The van der Waals surface area contributed by atoms with Crippen molar-refractivity contribution < 1.29 is 37.8 Å². The summed E-state index contributed by atoms with van der Waals surface area (Å²) >= 11 is 0. The first-order valence-electron chi connectivity index (χ1n) is 7.64. The van der Waals surface area contributed by atoms with E-state index in [0.29, 0.717) is 5.56 Å². The van der Waals surface area contributed by atoms with Crippen LogP contribution in [0.1, 0.15) is 20.7 Å². The Morgan fingerprint density at radius 1 is 0.964 bits per heavy atom. The number of halogens is 3. The minimum absolute atomic E-state index is 0.0606. The molecule has 150 valence electrons. The molecule has 28 heavy (non-hydrogen) atoms. The highest BCUT2D eigenvalue weighted by Crippen LogP contribution is 2.23. The summed E-state index contributed by atoms with van der Waals surface area (Å²) in [6.45, 7) is 0. The molecule has 0 fully saturated rings. The highest BCUT2D eigenvalue weighted by Gasteiger charge is 2.38. The molecule has 2 aromatic carbocycles. The molecule has 0 radical (unpaired) electrons. The Hall–Kier alpha value is -3.56. The summed E-state index contributed by atoms with van der Waals surface area (Å²) < 4.78 is 31.7. The molecule has 0 bridgehead atoms. The van der Waals surface area contributed by atoms with Gasteiger partial charge in [0.2, 0.25) is 0 Å². The first-order chi connectivity index (χ1) is 12.9. The van der Waals surface area contributed by atoms with E-state index in [1.54, 1.807) is 41.3 Å². The van der Waals surface area contributed by atoms with Crippen LogP contribution in [0.25, 0.3) is 0 Å². The molecule has 0 aromatic heterocycles. The lowest BCUT2D eigenvalue weighted by Crippen LogP contribution is -2.21. The van der Waals surface area contributed by atoms with Crippen molar-refractivity contribution in [2.45, 2.75) is 6.18 Å². The van der Waals surface area contributed by atoms with Crippen LogP contribution in [0, 0.1) is 0 Å². The first-order valence-corrected chi connectivity index (χ1v) is 7.64. The zero-order chi connectivity index (χ0) is 21.5. The van der Waals surface area contributed by atoms with Crippen molar-refractivity contribution in [3.8, 4) is 0 Å². The van der Waals surface area contributed by atoms with Gasteiger partial charge in [0.1, 0.15) is 0 Å². The number of carboxylic acid groups (broad SMARTS) is 2. The highest BCUT2D eigenvalue weighted by molar-refractivity contribution is 6.08. The summed E-state index contributed by atoms with van der Waals surface area (Å²) in [4.78, 5) is 34.1. The monoisotopic (exact) mass is 398 g/mol. The van der Waals surface area contributed by atoms with Crippen LogP contribution in [0.5, 0.6) is 0 Å². The Bertz CT molecular complexity index is 852. The third-order valence-corrected chi connectivity index (χ3v) is 3.28. The van der Waals surface area contributed by atoms with Gasteiger partial charge in [-0.1, -0.05) is 18.2 Å². The van der Waals surface area contributed by atoms with Crippen LogP contribution in [0.2, 0.25) is 0 Å². The summed E-state index contributed by atoms with van der Waals surface area (Å²) in [6.07, 6.45) is -5.08.